The van der Waals surface area contributed by atoms with Crippen LogP contribution in [0.15, 0.2) is 0 Å². The average Bonchev–Trinajstić information content (AvgIpc) is 2.70. The van der Waals surface area contributed by atoms with Crippen molar-refractivity contribution in [3.63, 3.8) is 0 Å². The van der Waals surface area contributed by atoms with Crippen molar-refractivity contribution in [2.24, 2.45) is 0 Å². The molecule has 1 amide bonds. The minimum atomic E-state index is -0.450. The monoisotopic (exact) mass is 230 g/mol. The molecular formula is C11H22N2O3. The topological polar surface area (TPSA) is 61.8 Å². The summed E-state index contributed by atoms with van der Waals surface area (Å²) in [7, 11) is 3.39. The van der Waals surface area contributed by atoms with E-state index in [0.717, 1.165) is 6.42 Å². The van der Waals surface area contributed by atoms with Gasteiger partial charge in [0.25, 0.3) is 0 Å². The van der Waals surface area contributed by atoms with E-state index in [-0.39, 0.29) is 18.1 Å². The minimum absolute atomic E-state index is 0.0663. The van der Waals surface area contributed by atoms with E-state index in [1.807, 2.05) is 6.92 Å². The Hall–Kier alpha value is -0.650. The summed E-state index contributed by atoms with van der Waals surface area (Å²) in [5.74, 6) is 0.0663. The predicted octanol–water partition coefficient (Wildman–Crippen LogP) is -0.407. The van der Waals surface area contributed by atoms with Gasteiger partial charge < -0.3 is 20.1 Å². The number of hydrogen-bond donors (Lipinski definition) is 2. The van der Waals surface area contributed by atoms with E-state index < -0.39 is 6.10 Å². The van der Waals surface area contributed by atoms with E-state index in [9.17, 15) is 9.90 Å². The van der Waals surface area contributed by atoms with Crippen LogP contribution >= 0.6 is 0 Å². The van der Waals surface area contributed by atoms with Crippen molar-refractivity contribution in [1.82, 2.24) is 10.2 Å². The molecule has 0 saturated carbocycles. The highest BCUT2D eigenvalue weighted by Crippen LogP contribution is 2.10. The molecule has 0 aliphatic carbocycles. The fourth-order valence-electron chi connectivity index (χ4n) is 1.85. The fourth-order valence-corrected chi connectivity index (χ4v) is 1.85. The highest BCUT2D eigenvalue weighted by molar-refractivity contribution is 5.76. The lowest BCUT2D eigenvalue weighted by Crippen LogP contribution is -2.44. The Labute approximate surface area is 96.8 Å². The van der Waals surface area contributed by atoms with E-state index in [0.29, 0.717) is 19.5 Å². The molecule has 94 valence electrons. The second kappa shape index (κ2) is 6.18. The van der Waals surface area contributed by atoms with E-state index >= 15 is 0 Å². The van der Waals surface area contributed by atoms with E-state index in [4.69, 9.17) is 4.74 Å². The largest absolute Gasteiger partial charge is 0.390 e. The lowest BCUT2D eigenvalue weighted by atomic mass is 10.1. The number of likely N-dealkylation sites (N-methyl/N-ethyl adjacent to an activating group) is 1. The Kier molecular flexibility index (Phi) is 5.18. The number of β-amino-alcohol motifs (C(OH)–C–C–N with tert-alkyl or cyclic N) is 1. The molecule has 0 aromatic heterocycles. The number of amides is 1. The van der Waals surface area contributed by atoms with Gasteiger partial charge in [0, 0.05) is 33.7 Å². The predicted molar refractivity (Wildman–Crippen MR) is 61.1 cm³/mol. The highest BCUT2D eigenvalue weighted by Gasteiger charge is 2.30. The molecule has 1 unspecified atom stereocenters. The Bertz CT molecular complexity index is 235. The van der Waals surface area contributed by atoms with Gasteiger partial charge in [-0.3, -0.25) is 4.79 Å². The van der Waals surface area contributed by atoms with Crippen LogP contribution in [0.1, 0.15) is 19.8 Å². The molecule has 1 heterocycles. The van der Waals surface area contributed by atoms with Gasteiger partial charge in [-0.2, -0.15) is 0 Å². The average molecular weight is 230 g/mol. The van der Waals surface area contributed by atoms with Crippen molar-refractivity contribution in [3.8, 4) is 0 Å². The normalized spacial score (nSPS) is 26.8. The molecule has 1 saturated heterocycles. The number of nitrogens with one attached hydrogen (secondary N) is 1. The second-order valence-corrected chi connectivity index (χ2v) is 4.38. The summed E-state index contributed by atoms with van der Waals surface area (Å²) in [4.78, 5) is 13.5. The van der Waals surface area contributed by atoms with Gasteiger partial charge in [0.1, 0.15) is 0 Å². The van der Waals surface area contributed by atoms with Crippen LogP contribution in [0.5, 0.6) is 0 Å². The van der Waals surface area contributed by atoms with Crippen LogP contribution < -0.4 is 5.32 Å². The first-order chi connectivity index (χ1) is 7.56. The summed E-state index contributed by atoms with van der Waals surface area (Å²) in [6.45, 7) is 3.18. The molecule has 3 atom stereocenters. The zero-order valence-electron chi connectivity index (χ0n) is 10.3. The van der Waals surface area contributed by atoms with Crippen molar-refractivity contribution in [3.05, 3.63) is 0 Å². The molecule has 0 aromatic carbocycles. The first-order valence-electron chi connectivity index (χ1n) is 5.73. The SMILES string of the molecule is COC(C)CCC(=O)N(C)[C@H]1CNC[C@@H]1O. The quantitative estimate of drug-likeness (QED) is 0.674. The molecule has 5 nitrogen and oxygen atoms in total. The van der Waals surface area contributed by atoms with E-state index in [1.165, 1.54) is 0 Å². The van der Waals surface area contributed by atoms with Gasteiger partial charge in [-0.15, -0.1) is 0 Å². The third kappa shape index (κ3) is 3.43. The van der Waals surface area contributed by atoms with Crippen LogP contribution in [0.3, 0.4) is 0 Å². The number of hydrogen-bond acceptors (Lipinski definition) is 4. The number of methoxy groups -OCH3 is 1. The first-order valence-corrected chi connectivity index (χ1v) is 5.73. The molecule has 16 heavy (non-hydrogen) atoms. The standard InChI is InChI=1S/C11H22N2O3/c1-8(16-3)4-5-11(15)13(2)9-6-12-7-10(9)14/h8-10,12,14H,4-7H2,1-3H3/t8?,9-,10-/m0/s1. The third-order valence-corrected chi connectivity index (χ3v) is 3.21. The molecule has 5 heteroatoms. The molecule has 0 bridgehead atoms. The zero-order chi connectivity index (χ0) is 12.1. The smallest absolute Gasteiger partial charge is 0.222 e. The highest BCUT2D eigenvalue weighted by atomic mass is 16.5. The molecule has 1 aliphatic heterocycles. The van der Waals surface area contributed by atoms with Crippen molar-refractivity contribution in [2.75, 3.05) is 27.2 Å². The van der Waals surface area contributed by atoms with Gasteiger partial charge in [0.05, 0.1) is 18.2 Å². The Morgan fingerprint density at radius 3 is 2.81 bits per heavy atom. The molecule has 1 aliphatic rings. The van der Waals surface area contributed by atoms with E-state index in [1.54, 1.807) is 19.1 Å². The third-order valence-electron chi connectivity index (χ3n) is 3.21. The summed E-state index contributed by atoms with van der Waals surface area (Å²) < 4.78 is 5.09. The number of nitrogens with zero attached hydrogens (tertiary/aromatic N) is 1. The van der Waals surface area contributed by atoms with Gasteiger partial charge in [-0.25, -0.2) is 0 Å². The van der Waals surface area contributed by atoms with Crippen molar-refractivity contribution < 1.29 is 14.6 Å². The number of aliphatic hydroxyl groups excluding tert-OH is 1. The van der Waals surface area contributed by atoms with Crippen molar-refractivity contribution >= 4 is 5.91 Å². The minimum Gasteiger partial charge on any atom is -0.390 e. The summed E-state index contributed by atoms with van der Waals surface area (Å²) in [6.07, 6.45) is 0.836. The van der Waals surface area contributed by atoms with Gasteiger partial charge in [0.2, 0.25) is 5.91 Å². The maximum atomic E-state index is 11.8. The maximum absolute atomic E-state index is 11.8. The molecule has 0 radical (unpaired) electrons. The van der Waals surface area contributed by atoms with Crippen LogP contribution in [-0.4, -0.2) is 61.4 Å². The fraction of sp³-hybridized carbons (Fsp3) is 0.909. The molecular weight excluding hydrogens is 208 g/mol. The maximum Gasteiger partial charge on any atom is 0.222 e. The number of ether oxygens (including phenoxy) is 1. The van der Waals surface area contributed by atoms with Crippen LogP contribution in [0.25, 0.3) is 0 Å². The molecule has 2 N–H and O–H groups in total. The Morgan fingerprint density at radius 2 is 2.31 bits per heavy atom. The van der Waals surface area contributed by atoms with Crippen molar-refractivity contribution in [2.45, 2.75) is 38.0 Å². The van der Waals surface area contributed by atoms with Crippen LogP contribution in [-0.2, 0) is 9.53 Å². The summed E-state index contributed by atoms with van der Waals surface area (Å²) in [5.41, 5.74) is 0. The Morgan fingerprint density at radius 1 is 1.62 bits per heavy atom. The molecule has 1 fully saturated rings. The Balaban J connectivity index is 2.35. The summed E-state index contributed by atoms with van der Waals surface area (Å²) in [6, 6.07) is -0.0923. The van der Waals surface area contributed by atoms with Crippen molar-refractivity contribution in [1.29, 1.82) is 0 Å². The number of aliphatic hydroxyl groups is 1. The van der Waals surface area contributed by atoms with Gasteiger partial charge in [0.15, 0.2) is 0 Å². The molecule has 0 aromatic rings. The number of rotatable bonds is 5. The van der Waals surface area contributed by atoms with Crippen LogP contribution in [0.2, 0.25) is 0 Å². The summed E-state index contributed by atoms with van der Waals surface area (Å²) in [5, 5.41) is 12.7. The van der Waals surface area contributed by atoms with Crippen LogP contribution in [0.4, 0.5) is 0 Å². The summed E-state index contributed by atoms with van der Waals surface area (Å²) >= 11 is 0. The van der Waals surface area contributed by atoms with E-state index in [2.05, 4.69) is 5.32 Å². The second-order valence-electron chi connectivity index (χ2n) is 4.38. The van der Waals surface area contributed by atoms with Gasteiger partial charge in [-0.05, 0) is 13.3 Å². The molecule has 0 spiro atoms. The number of carbonyl (C=O) groups is 1. The lowest BCUT2D eigenvalue weighted by molar-refractivity contribution is -0.133. The molecule has 1 rings (SSSR count). The zero-order valence-corrected chi connectivity index (χ0v) is 10.3. The van der Waals surface area contributed by atoms with Gasteiger partial charge in [-0.1, -0.05) is 0 Å². The number of carbonyl (C=O) groups excluding carboxylic acids is 1. The van der Waals surface area contributed by atoms with Crippen LogP contribution in [0, 0.1) is 0 Å². The van der Waals surface area contributed by atoms with Gasteiger partial charge >= 0.3 is 0 Å². The lowest BCUT2D eigenvalue weighted by Gasteiger charge is -2.26. The first kappa shape index (κ1) is 13.4.